The lowest BCUT2D eigenvalue weighted by atomic mass is 9.89. The van der Waals surface area contributed by atoms with Gasteiger partial charge in [-0.25, -0.2) is 0 Å². The van der Waals surface area contributed by atoms with Crippen molar-refractivity contribution in [2.75, 3.05) is 26.4 Å². The Kier molecular flexibility index (Phi) is 7.52. The minimum atomic E-state index is -1.21. The molecule has 12 unspecified atom stereocenters. The Morgan fingerprint density at radius 3 is 0.822 bits per heavy atom. The smallest absolute Gasteiger partial charge is 0.309 e. The second-order valence-corrected chi connectivity index (χ2v) is 15.5. The van der Waals surface area contributed by atoms with Crippen molar-refractivity contribution in [1.29, 1.82) is 0 Å². The summed E-state index contributed by atoms with van der Waals surface area (Å²) in [4.78, 5) is 53.5. The zero-order valence-electron chi connectivity index (χ0n) is 25.8. The summed E-state index contributed by atoms with van der Waals surface area (Å²) >= 11 is 0. The van der Waals surface area contributed by atoms with E-state index in [1.165, 1.54) is 0 Å². The molecule has 8 aliphatic carbocycles. The van der Waals surface area contributed by atoms with E-state index in [1.54, 1.807) is 0 Å². The van der Waals surface area contributed by atoms with E-state index in [0.29, 0.717) is 23.7 Å². The van der Waals surface area contributed by atoms with Gasteiger partial charge in [0.2, 0.25) is 0 Å². The Bertz CT molecular complexity index is 1150. The minimum absolute atomic E-state index is 0.166. The molecule has 8 rings (SSSR count). The zero-order valence-corrected chi connectivity index (χ0v) is 25.8. The third-order valence-electron chi connectivity index (χ3n) is 12.4. The van der Waals surface area contributed by atoms with E-state index in [2.05, 4.69) is 48.6 Å². The molecule has 0 N–H and O–H groups in total. The van der Waals surface area contributed by atoms with E-state index < -0.39 is 5.41 Å². The standard InChI is InChI=1S/C37H44O8/c38-33(29-13-21-1-5-25(29)9-21)42-17-37(18-43-34(39)30-14-22-2-6-26(30)10-22,19-44-35(40)31-15-23-3-7-27(31)11-23)20-45-36(41)32-16-24-4-8-28(32)12-24/h1-8,21-32H,9-20H2. The summed E-state index contributed by atoms with van der Waals surface area (Å²) in [5.74, 6) is 0.271. The molecular formula is C37H44O8. The molecule has 4 fully saturated rings. The molecule has 0 aromatic rings. The normalized spacial score (nSPS) is 41.6. The van der Waals surface area contributed by atoms with Crippen molar-refractivity contribution in [2.45, 2.75) is 51.4 Å². The van der Waals surface area contributed by atoms with Crippen LogP contribution in [0.1, 0.15) is 51.4 Å². The Balaban J connectivity index is 0.998. The molecule has 0 aliphatic heterocycles. The van der Waals surface area contributed by atoms with E-state index in [0.717, 1.165) is 51.4 Å². The monoisotopic (exact) mass is 616 g/mol. The first-order chi connectivity index (χ1) is 21.8. The van der Waals surface area contributed by atoms with Crippen LogP contribution in [0.25, 0.3) is 0 Å². The topological polar surface area (TPSA) is 105 Å². The molecule has 0 amide bonds. The molecule has 0 heterocycles. The lowest BCUT2D eigenvalue weighted by Gasteiger charge is -2.34. The number of esters is 4. The predicted octanol–water partition coefficient (Wildman–Crippen LogP) is 4.99. The number of allylic oxidation sites excluding steroid dienone is 8. The molecule has 8 nitrogen and oxygen atoms in total. The minimum Gasteiger partial charge on any atom is -0.464 e. The van der Waals surface area contributed by atoms with Gasteiger partial charge in [0.15, 0.2) is 0 Å². The van der Waals surface area contributed by atoms with Crippen LogP contribution >= 0.6 is 0 Å². The highest BCUT2D eigenvalue weighted by atomic mass is 16.6. The fraction of sp³-hybridized carbons (Fsp3) is 0.676. The second-order valence-electron chi connectivity index (χ2n) is 15.5. The summed E-state index contributed by atoms with van der Waals surface area (Å²) in [7, 11) is 0. The number of rotatable bonds is 12. The van der Waals surface area contributed by atoms with Crippen molar-refractivity contribution in [3.63, 3.8) is 0 Å². The molecule has 0 aromatic carbocycles. The van der Waals surface area contributed by atoms with Crippen molar-refractivity contribution in [3.05, 3.63) is 48.6 Å². The number of carbonyl (C=O) groups excluding carboxylic acids is 4. The summed E-state index contributed by atoms with van der Waals surface area (Å²) in [5, 5.41) is 0. The average molecular weight is 617 g/mol. The van der Waals surface area contributed by atoms with Gasteiger partial charge in [-0.05, 0) is 98.7 Å². The predicted molar refractivity (Wildman–Crippen MR) is 162 cm³/mol. The summed E-state index contributed by atoms with van der Waals surface area (Å²) in [5.41, 5.74) is -1.21. The molecule has 8 bridgehead atoms. The molecule has 45 heavy (non-hydrogen) atoms. The highest BCUT2D eigenvalue weighted by molar-refractivity contribution is 5.76. The third-order valence-corrected chi connectivity index (χ3v) is 12.4. The molecule has 0 spiro atoms. The lowest BCUT2D eigenvalue weighted by molar-refractivity contribution is -0.177. The molecule has 8 heteroatoms. The largest absolute Gasteiger partial charge is 0.464 e. The van der Waals surface area contributed by atoms with Crippen LogP contribution in [-0.2, 0) is 38.1 Å². The zero-order chi connectivity index (χ0) is 30.7. The fourth-order valence-electron chi connectivity index (χ4n) is 9.78. The van der Waals surface area contributed by atoms with Crippen LogP contribution in [0.4, 0.5) is 0 Å². The second kappa shape index (κ2) is 11.6. The van der Waals surface area contributed by atoms with Crippen molar-refractivity contribution in [3.8, 4) is 0 Å². The van der Waals surface area contributed by atoms with Crippen molar-refractivity contribution in [2.24, 2.45) is 76.4 Å². The van der Waals surface area contributed by atoms with Crippen LogP contribution in [-0.4, -0.2) is 50.3 Å². The van der Waals surface area contributed by atoms with Crippen LogP contribution < -0.4 is 0 Å². The van der Waals surface area contributed by atoms with Gasteiger partial charge in [-0.15, -0.1) is 0 Å². The van der Waals surface area contributed by atoms with Gasteiger partial charge in [-0.2, -0.15) is 0 Å². The molecular weight excluding hydrogens is 572 g/mol. The summed E-state index contributed by atoms with van der Waals surface area (Å²) in [6.07, 6.45) is 24.1. The summed E-state index contributed by atoms with van der Waals surface area (Å²) in [6.45, 7) is -0.662. The van der Waals surface area contributed by atoms with Crippen LogP contribution in [0.15, 0.2) is 48.6 Å². The Labute approximate surface area is 264 Å². The van der Waals surface area contributed by atoms with E-state index in [1.807, 2.05) is 0 Å². The quantitative estimate of drug-likeness (QED) is 0.172. The molecule has 0 aromatic heterocycles. The van der Waals surface area contributed by atoms with Gasteiger partial charge in [0.1, 0.15) is 31.8 Å². The fourth-order valence-corrected chi connectivity index (χ4v) is 9.78. The van der Waals surface area contributed by atoms with Crippen molar-refractivity contribution >= 4 is 23.9 Å². The third kappa shape index (κ3) is 5.61. The number of ether oxygens (including phenoxy) is 4. The van der Waals surface area contributed by atoms with Crippen LogP contribution in [0, 0.1) is 76.4 Å². The van der Waals surface area contributed by atoms with Gasteiger partial charge in [0, 0.05) is 0 Å². The first kappa shape index (κ1) is 29.3. The van der Waals surface area contributed by atoms with E-state index in [-0.39, 0.29) is 97.6 Å². The Morgan fingerprint density at radius 2 is 0.644 bits per heavy atom. The molecule has 8 aliphatic rings. The van der Waals surface area contributed by atoms with Crippen molar-refractivity contribution < 1.29 is 38.1 Å². The average Bonchev–Trinajstić information content (AvgIpc) is 3.90. The van der Waals surface area contributed by atoms with E-state index >= 15 is 0 Å². The number of hydrogen-bond donors (Lipinski definition) is 0. The maximum absolute atomic E-state index is 13.4. The van der Waals surface area contributed by atoms with Crippen LogP contribution in [0.5, 0.6) is 0 Å². The first-order valence-corrected chi connectivity index (χ1v) is 17.2. The Morgan fingerprint density at radius 1 is 0.400 bits per heavy atom. The number of carbonyl (C=O) groups is 4. The van der Waals surface area contributed by atoms with Crippen LogP contribution in [0.3, 0.4) is 0 Å². The SMILES string of the molecule is O=C(OCC(COC(=O)C1CC2C=CC1C2)(COC(=O)C1CC2C=CC1C2)COC(=O)C1CC2C=CC1C2)C1CC2C=CC1C2. The molecule has 4 saturated carbocycles. The maximum Gasteiger partial charge on any atom is 0.309 e. The van der Waals surface area contributed by atoms with Gasteiger partial charge in [0.25, 0.3) is 0 Å². The van der Waals surface area contributed by atoms with Gasteiger partial charge in [0.05, 0.1) is 23.7 Å². The van der Waals surface area contributed by atoms with Crippen LogP contribution in [0.2, 0.25) is 0 Å². The summed E-state index contributed by atoms with van der Waals surface area (Å²) < 4.78 is 23.9. The lowest BCUT2D eigenvalue weighted by Crippen LogP contribution is -2.46. The summed E-state index contributed by atoms with van der Waals surface area (Å²) in [6, 6.07) is 0. The van der Waals surface area contributed by atoms with Gasteiger partial charge in [-0.3, -0.25) is 19.2 Å². The molecule has 0 saturated heterocycles. The van der Waals surface area contributed by atoms with E-state index in [4.69, 9.17) is 18.9 Å². The number of hydrogen-bond acceptors (Lipinski definition) is 8. The number of fused-ring (bicyclic) bond motifs is 8. The Hall–Kier alpha value is -3.16. The van der Waals surface area contributed by atoms with Gasteiger partial charge < -0.3 is 18.9 Å². The first-order valence-electron chi connectivity index (χ1n) is 17.2. The highest BCUT2D eigenvalue weighted by Gasteiger charge is 2.48. The van der Waals surface area contributed by atoms with Gasteiger partial charge >= 0.3 is 23.9 Å². The molecule has 0 radical (unpaired) electrons. The van der Waals surface area contributed by atoms with E-state index in [9.17, 15) is 19.2 Å². The van der Waals surface area contributed by atoms with Gasteiger partial charge in [-0.1, -0.05) is 48.6 Å². The maximum atomic E-state index is 13.4. The highest BCUT2D eigenvalue weighted by Crippen LogP contribution is 2.47. The molecule has 12 atom stereocenters. The molecule has 240 valence electrons. The van der Waals surface area contributed by atoms with Crippen molar-refractivity contribution in [1.82, 2.24) is 0 Å².